The molecule has 5 rings (SSSR count). The minimum atomic E-state index is -3.56. The van der Waals surface area contributed by atoms with Crippen LogP contribution in [0.4, 0.5) is 17.5 Å². The fourth-order valence-electron chi connectivity index (χ4n) is 4.11. The number of anilines is 3. The van der Waals surface area contributed by atoms with Gasteiger partial charge in [-0.05, 0) is 5.56 Å². The molecule has 180 valence electrons. The minimum absolute atomic E-state index is 0.105. The maximum Gasteiger partial charge on any atom is 0.229 e. The molecule has 4 atom stereocenters. The van der Waals surface area contributed by atoms with Crippen molar-refractivity contribution in [1.29, 1.82) is 0 Å². The number of ether oxygens (including phenoxy) is 2. The summed E-state index contributed by atoms with van der Waals surface area (Å²) in [5.41, 5.74) is 1.45. The van der Waals surface area contributed by atoms with E-state index in [1.54, 1.807) is 29.2 Å². The first-order valence-electron chi connectivity index (χ1n) is 10.7. The van der Waals surface area contributed by atoms with E-state index in [1.165, 1.54) is 6.20 Å². The van der Waals surface area contributed by atoms with Gasteiger partial charge in [-0.3, -0.25) is 4.68 Å². The molecule has 34 heavy (non-hydrogen) atoms. The number of rotatable bonds is 8. The van der Waals surface area contributed by atoms with E-state index in [4.69, 9.17) is 21.1 Å². The number of fused-ring (bicyclic) bond motifs is 1. The lowest BCUT2D eigenvalue weighted by molar-refractivity contribution is 0.0690. The molecule has 0 radical (unpaired) electrons. The van der Waals surface area contributed by atoms with Crippen LogP contribution in [0.5, 0.6) is 0 Å². The van der Waals surface area contributed by atoms with Crippen LogP contribution >= 0.6 is 11.6 Å². The number of sulfonamides is 1. The van der Waals surface area contributed by atoms with E-state index in [1.807, 2.05) is 25.2 Å². The second-order valence-electron chi connectivity index (χ2n) is 8.23. The first-order valence-corrected chi connectivity index (χ1v) is 12.7. The van der Waals surface area contributed by atoms with Crippen molar-refractivity contribution in [1.82, 2.24) is 24.5 Å². The summed E-state index contributed by atoms with van der Waals surface area (Å²) in [7, 11) is -1.75. The maximum atomic E-state index is 12.7. The molecule has 0 spiro atoms. The van der Waals surface area contributed by atoms with Gasteiger partial charge in [0.1, 0.15) is 17.2 Å². The van der Waals surface area contributed by atoms with Gasteiger partial charge in [0.2, 0.25) is 16.0 Å². The number of aryl methyl sites for hydroxylation is 1. The number of aromatic nitrogens is 4. The lowest BCUT2D eigenvalue weighted by Gasteiger charge is -2.19. The molecule has 0 saturated carbocycles. The molecule has 4 unspecified atom stereocenters. The van der Waals surface area contributed by atoms with Crippen LogP contribution in [0, 0.1) is 0 Å². The molecule has 0 aliphatic carbocycles. The maximum absolute atomic E-state index is 12.7. The first-order chi connectivity index (χ1) is 16.4. The molecule has 2 aliphatic heterocycles. The quantitative estimate of drug-likeness (QED) is 0.418. The summed E-state index contributed by atoms with van der Waals surface area (Å²) >= 11 is 6.31. The van der Waals surface area contributed by atoms with Gasteiger partial charge >= 0.3 is 0 Å². The van der Waals surface area contributed by atoms with Gasteiger partial charge in [-0.1, -0.05) is 41.9 Å². The second kappa shape index (κ2) is 9.47. The van der Waals surface area contributed by atoms with Gasteiger partial charge in [0.05, 0.1) is 49.1 Å². The van der Waals surface area contributed by atoms with Gasteiger partial charge in [-0.15, -0.1) is 0 Å². The van der Waals surface area contributed by atoms with Crippen LogP contribution in [-0.2, 0) is 32.3 Å². The van der Waals surface area contributed by atoms with Gasteiger partial charge in [0.25, 0.3) is 0 Å². The Morgan fingerprint density at radius 2 is 1.85 bits per heavy atom. The Kier molecular flexibility index (Phi) is 6.40. The summed E-state index contributed by atoms with van der Waals surface area (Å²) in [6.07, 6.45) is 4.18. The van der Waals surface area contributed by atoms with Crippen molar-refractivity contribution in [3.8, 4) is 0 Å². The molecule has 2 saturated heterocycles. The van der Waals surface area contributed by atoms with E-state index in [9.17, 15) is 8.42 Å². The predicted molar refractivity (Wildman–Crippen MR) is 126 cm³/mol. The van der Waals surface area contributed by atoms with Crippen molar-refractivity contribution in [3.05, 3.63) is 59.5 Å². The zero-order chi connectivity index (χ0) is 23.7. The molecular weight excluding hydrogens is 482 g/mol. The van der Waals surface area contributed by atoms with E-state index < -0.39 is 22.2 Å². The molecule has 13 heteroatoms. The predicted octanol–water partition coefficient (Wildman–Crippen LogP) is 1.67. The smallest absolute Gasteiger partial charge is 0.229 e. The molecule has 3 N–H and O–H groups in total. The Morgan fingerprint density at radius 1 is 1.12 bits per heavy atom. The van der Waals surface area contributed by atoms with Crippen LogP contribution in [0.1, 0.15) is 5.56 Å². The van der Waals surface area contributed by atoms with Crippen molar-refractivity contribution >= 4 is 39.1 Å². The van der Waals surface area contributed by atoms with Crippen molar-refractivity contribution in [3.63, 3.8) is 0 Å². The summed E-state index contributed by atoms with van der Waals surface area (Å²) < 4.78 is 41.6. The Morgan fingerprint density at radius 3 is 2.59 bits per heavy atom. The number of benzene rings is 1. The highest BCUT2D eigenvalue weighted by molar-refractivity contribution is 7.88. The summed E-state index contributed by atoms with van der Waals surface area (Å²) in [5, 5.41) is 10.8. The first kappa shape index (κ1) is 23.0. The third kappa shape index (κ3) is 5.15. The monoisotopic (exact) mass is 505 g/mol. The van der Waals surface area contributed by atoms with Gasteiger partial charge in [-0.2, -0.15) is 10.1 Å². The van der Waals surface area contributed by atoms with Crippen LogP contribution in [-0.4, -0.2) is 65.7 Å². The molecule has 11 nitrogen and oxygen atoms in total. The zero-order valence-electron chi connectivity index (χ0n) is 18.3. The second-order valence-corrected chi connectivity index (χ2v) is 10.4. The zero-order valence-corrected chi connectivity index (χ0v) is 19.8. The van der Waals surface area contributed by atoms with Gasteiger partial charge in [0.15, 0.2) is 5.82 Å². The number of hydrogen-bond donors (Lipinski definition) is 3. The summed E-state index contributed by atoms with van der Waals surface area (Å²) in [5.74, 6) is 0.676. The van der Waals surface area contributed by atoms with Crippen LogP contribution in [0.3, 0.4) is 0 Å². The molecule has 2 aromatic heterocycles. The number of nitrogens with one attached hydrogen (secondary N) is 3. The molecule has 2 aliphatic rings. The highest BCUT2D eigenvalue weighted by atomic mass is 35.5. The average molecular weight is 506 g/mol. The molecule has 0 bridgehead atoms. The fourth-order valence-corrected chi connectivity index (χ4v) is 5.63. The SMILES string of the molecule is Cn1cc(Nc2ncc(Cl)c(NC3COC4C(NS(=O)(=O)Cc5ccccc5)COC34)n2)cn1. The molecular formula is C21H24ClN7O4S. The van der Waals surface area contributed by atoms with Crippen LogP contribution in [0.15, 0.2) is 48.9 Å². The van der Waals surface area contributed by atoms with Gasteiger partial charge in [-0.25, -0.2) is 18.1 Å². The minimum Gasteiger partial charge on any atom is -0.371 e. The molecule has 4 heterocycles. The number of hydrogen-bond acceptors (Lipinski definition) is 9. The Hall–Kier alpha value is -2.77. The molecule has 0 amide bonds. The van der Waals surface area contributed by atoms with E-state index in [0.29, 0.717) is 29.0 Å². The van der Waals surface area contributed by atoms with Crippen molar-refractivity contribution < 1.29 is 17.9 Å². The standard InChI is InChI=1S/C21H24ClN7O4S/c1-29-9-14(7-24-29)25-21-23-8-15(22)20(27-21)26-16-10-32-19-17(11-33-18(16)19)28-34(30,31)12-13-5-3-2-4-6-13/h2-9,16-19,28H,10-12H2,1H3,(H2,23,25,26,27). The van der Waals surface area contributed by atoms with E-state index in [2.05, 4.69) is 30.4 Å². The highest BCUT2D eigenvalue weighted by Crippen LogP contribution is 2.31. The van der Waals surface area contributed by atoms with Crippen molar-refractivity contribution in [2.45, 2.75) is 30.0 Å². The van der Waals surface area contributed by atoms with Gasteiger partial charge in [0, 0.05) is 13.2 Å². The largest absolute Gasteiger partial charge is 0.371 e. The fraction of sp³-hybridized carbons (Fsp3) is 0.381. The Labute approximate surface area is 201 Å². The normalized spacial score (nSPS) is 24.2. The Balaban J connectivity index is 1.23. The van der Waals surface area contributed by atoms with E-state index in [-0.39, 0.29) is 24.5 Å². The summed E-state index contributed by atoms with van der Waals surface area (Å²) in [6.45, 7) is 0.533. The topological polar surface area (TPSA) is 132 Å². The lowest BCUT2D eigenvalue weighted by Crippen LogP contribution is -2.45. The van der Waals surface area contributed by atoms with Crippen molar-refractivity contribution in [2.75, 3.05) is 23.8 Å². The van der Waals surface area contributed by atoms with E-state index >= 15 is 0 Å². The summed E-state index contributed by atoms with van der Waals surface area (Å²) in [6, 6.07) is 8.30. The van der Waals surface area contributed by atoms with Crippen LogP contribution < -0.4 is 15.4 Å². The third-order valence-corrected chi connectivity index (χ3v) is 7.26. The van der Waals surface area contributed by atoms with E-state index in [0.717, 1.165) is 5.69 Å². The lowest BCUT2D eigenvalue weighted by atomic mass is 10.1. The number of nitrogens with zero attached hydrogens (tertiary/aromatic N) is 4. The Bertz CT molecular complexity index is 1260. The highest BCUT2D eigenvalue weighted by Gasteiger charge is 2.49. The van der Waals surface area contributed by atoms with Crippen molar-refractivity contribution in [2.24, 2.45) is 7.05 Å². The number of halogens is 1. The van der Waals surface area contributed by atoms with Crippen LogP contribution in [0.25, 0.3) is 0 Å². The van der Waals surface area contributed by atoms with Crippen LogP contribution in [0.2, 0.25) is 5.02 Å². The third-order valence-electron chi connectivity index (χ3n) is 5.61. The molecule has 1 aromatic carbocycles. The van der Waals surface area contributed by atoms with Gasteiger partial charge < -0.3 is 20.1 Å². The summed E-state index contributed by atoms with van der Waals surface area (Å²) in [4.78, 5) is 8.66. The molecule has 3 aromatic rings. The molecule has 2 fully saturated rings. The average Bonchev–Trinajstić information content (AvgIpc) is 3.49.